The third kappa shape index (κ3) is 9.42. The summed E-state index contributed by atoms with van der Waals surface area (Å²) >= 11 is 0. The van der Waals surface area contributed by atoms with Crippen LogP contribution in [-0.2, 0) is 4.74 Å². The van der Waals surface area contributed by atoms with Crippen molar-refractivity contribution in [1.82, 2.24) is 0 Å². The lowest BCUT2D eigenvalue weighted by Gasteiger charge is -1.98. The molecule has 1 atom stereocenters. The van der Waals surface area contributed by atoms with Gasteiger partial charge in [0.25, 0.3) is 0 Å². The first-order valence-corrected chi connectivity index (χ1v) is 5.87. The standard InChI is InChI=1S/C15H19OP/c1-5-7-10-14(4)16-11-8-9-13(3)12-15(17)6-2/h5-7,10,12H,1,4,11,17H2,2-3H3/b10-7-,13-12+,15-6+. The van der Waals surface area contributed by atoms with E-state index in [0.29, 0.717) is 12.4 Å². The van der Waals surface area contributed by atoms with Gasteiger partial charge in [-0.3, -0.25) is 0 Å². The maximum Gasteiger partial charge on any atom is 0.149 e. The van der Waals surface area contributed by atoms with Crippen LogP contribution in [0, 0.1) is 11.8 Å². The fraction of sp³-hybridized carbons (Fsp3) is 0.200. The molecule has 1 unspecified atom stereocenters. The van der Waals surface area contributed by atoms with Crippen LogP contribution in [0.2, 0.25) is 0 Å². The predicted molar refractivity (Wildman–Crippen MR) is 79.4 cm³/mol. The normalized spacial score (nSPS) is 11.9. The molecule has 0 radical (unpaired) electrons. The lowest BCUT2D eigenvalue weighted by molar-refractivity contribution is 0.269. The van der Waals surface area contributed by atoms with Crippen LogP contribution in [0.25, 0.3) is 0 Å². The van der Waals surface area contributed by atoms with Crippen LogP contribution in [0.3, 0.4) is 0 Å². The number of ether oxygens (including phenoxy) is 1. The van der Waals surface area contributed by atoms with Gasteiger partial charge in [0.1, 0.15) is 12.4 Å². The van der Waals surface area contributed by atoms with Crippen molar-refractivity contribution in [1.29, 1.82) is 0 Å². The Kier molecular flexibility index (Phi) is 8.84. The SMILES string of the molecule is C=C/C=C\C(=C)OCC#C/C(C)=C/C(P)=C\C. The van der Waals surface area contributed by atoms with E-state index in [4.69, 9.17) is 4.74 Å². The van der Waals surface area contributed by atoms with Crippen molar-refractivity contribution in [2.24, 2.45) is 0 Å². The van der Waals surface area contributed by atoms with Crippen LogP contribution in [0.15, 0.2) is 60.2 Å². The Bertz CT molecular complexity index is 414. The van der Waals surface area contributed by atoms with Crippen molar-refractivity contribution in [2.75, 3.05) is 6.61 Å². The minimum Gasteiger partial charge on any atom is -0.482 e. The summed E-state index contributed by atoms with van der Waals surface area (Å²) < 4.78 is 5.28. The van der Waals surface area contributed by atoms with Crippen molar-refractivity contribution in [3.05, 3.63) is 60.2 Å². The Hall–Kier alpha value is -1.51. The van der Waals surface area contributed by atoms with Gasteiger partial charge in [0.05, 0.1) is 0 Å². The molecule has 17 heavy (non-hydrogen) atoms. The summed E-state index contributed by atoms with van der Waals surface area (Å²) in [6, 6.07) is 0. The Morgan fingerprint density at radius 2 is 2.18 bits per heavy atom. The van der Waals surface area contributed by atoms with Gasteiger partial charge in [-0.15, -0.1) is 9.24 Å². The summed E-state index contributed by atoms with van der Waals surface area (Å²) in [6.07, 6.45) is 9.20. The highest BCUT2D eigenvalue weighted by atomic mass is 31.0. The zero-order valence-corrected chi connectivity index (χ0v) is 11.6. The third-order valence-corrected chi connectivity index (χ3v) is 2.25. The Balaban J connectivity index is 4.14. The second-order valence-electron chi connectivity index (χ2n) is 3.27. The minimum absolute atomic E-state index is 0.341. The molecule has 0 saturated heterocycles. The molecule has 0 fully saturated rings. The number of hydrogen-bond donors (Lipinski definition) is 0. The Morgan fingerprint density at radius 3 is 2.76 bits per heavy atom. The highest BCUT2D eigenvalue weighted by molar-refractivity contribution is 7.22. The van der Waals surface area contributed by atoms with Gasteiger partial charge in [-0.25, -0.2) is 0 Å². The zero-order chi connectivity index (χ0) is 13.1. The van der Waals surface area contributed by atoms with E-state index < -0.39 is 0 Å². The van der Waals surface area contributed by atoms with Crippen LogP contribution in [-0.4, -0.2) is 6.61 Å². The molecule has 0 aromatic heterocycles. The second kappa shape index (κ2) is 9.70. The smallest absolute Gasteiger partial charge is 0.149 e. The molecule has 0 N–H and O–H groups in total. The van der Waals surface area contributed by atoms with Gasteiger partial charge in [-0.2, -0.15) is 0 Å². The topological polar surface area (TPSA) is 9.23 Å². The Labute approximate surface area is 107 Å². The molecule has 0 saturated carbocycles. The van der Waals surface area contributed by atoms with Crippen LogP contribution in [0.5, 0.6) is 0 Å². The van der Waals surface area contributed by atoms with E-state index >= 15 is 0 Å². The quantitative estimate of drug-likeness (QED) is 0.308. The lowest BCUT2D eigenvalue weighted by atomic mass is 10.3. The zero-order valence-electron chi connectivity index (χ0n) is 10.5. The second-order valence-corrected chi connectivity index (χ2v) is 3.93. The first-order valence-electron chi connectivity index (χ1n) is 5.30. The average molecular weight is 246 g/mol. The molecule has 0 aliphatic heterocycles. The highest BCUT2D eigenvalue weighted by Gasteiger charge is 1.85. The summed E-state index contributed by atoms with van der Waals surface area (Å²) in [5.74, 6) is 6.51. The van der Waals surface area contributed by atoms with Gasteiger partial charge in [-0.1, -0.05) is 43.2 Å². The summed E-state index contributed by atoms with van der Waals surface area (Å²) in [5, 5.41) is 1.12. The monoisotopic (exact) mass is 246 g/mol. The van der Waals surface area contributed by atoms with Crippen molar-refractivity contribution >= 4 is 9.24 Å². The Morgan fingerprint density at radius 1 is 1.47 bits per heavy atom. The summed E-state index contributed by atoms with van der Waals surface area (Å²) in [7, 11) is 2.64. The number of hydrogen-bond acceptors (Lipinski definition) is 1. The number of allylic oxidation sites excluding steroid dienone is 7. The van der Waals surface area contributed by atoms with Crippen LogP contribution in [0.4, 0.5) is 0 Å². The molecule has 0 aromatic rings. The van der Waals surface area contributed by atoms with E-state index in [-0.39, 0.29) is 0 Å². The summed E-state index contributed by atoms with van der Waals surface area (Å²) in [6.45, 7) is 11.6. The molecule has 0 amide bonds. The molecule has 0 bridgehead atoms. The largest absolute Gasteiger partial charge is 0.482 e. The van der Waals surface area contributed by atoms with Crippen LogP contribution in [0.1, 0.15) is 13.8 Å². The highest BCUT2D eigenvalue weighted by Crippen LogP contribution is 2.08. The van der Waals surface area contributed by atoms with Gasteiger partial charge < -0.3 is 4.74 Å². The maximum atomic E-state index is 5.28. The number of rotatable bonds is 5. The summed E-state index contributed by atoms with van der Waals surface area (Å²) in [5.41, 5.74) is 1.00. The van der Waals surface area contributed by atoms with E-state index in [1.54, 1.807) is 18.2 Å². The fourth-order valence-corrected chi connectivity index (χ4v) is 1.15. The van der Waals surface area contributed by atoms with Crippen LogP contribution < -0.4 is 0 Å². The lowest BCUT2D eigenvalue weighted by Crippen LogP contribution is -1.88. The molecule has 0 aromatic carbocycles. The van der Waals surface area contributed by atoms with Crippen molar-refractivity contribution < 1.29 is 4.74 Å². The molecule has 0 aliphatic carbocycles. The predicted octanol–water partition coefficient (Wildman–Crippen LogP) is 3.99. The van der Waals surface area contributed by atoms with E-state index in [0.717, 1.165) is 10.9 Å². The molecule has 1 nitrogen and oxygen atoms in total. The van der Waals surface area contributed by atoms with Crippen molar-refractivity contribution in [3.8, 4) is 11.8 Å². The average Bonchev–Trinajstić information content (AvgIpc) is 2.31. The van der Waals surface area contributed by atoms with Crippen LogP contribution >= 0.6 is 9.24 Å². The summed E-state index contributed by atoms with van der Waals surface area (Å²) in [4.78, 5) is 0. The molecule has 0 rings (SSSR count). The molecule has 2 heteroatoms. The first-order chi connectivity index (χ1) is 8.10. The van der Waals surface area contributed by atoms with Gasteiger partial charge in [0.15, 0.2) is 0 Å². The first kappa shape index (κ1) is 15.5. The fourth-order valence-electron chi connectivity index (χ4n) is 0.897. The van der Waals surface area contributed by atoms with Gasteiger partial charge in [0.2, 0.25) is 0 Å². The van der Waals surface area contributed by atoms with Crippen molar-refractivity contribution in [2.45, 2.75) is 13.8 Å². The van der Waals surface area contributed by atoms with Gasteiger partial charge >= 0.3 is 0 Å². The van der Waals surface area contributed by atoms with E-state index in [2.05, 4.69) is 34.2 Å². The molecule has 0 heterocycles. The molecular formula is C15H19OP. The van der Waals surface area contributed by atoms with E-state index in [9.17, 15) is 0 Å². The minimum atomic E-state index is 0.341. The maximum absolute atomic E-state index is 5.28. The third-order valence-electron chi connectivity index (χ3n) is 1.75. The van der Waals surface area contributed by atoms with Crippen molar-refractivity contribution in [3.63, 3.8) is 0 Å². The van der Waals surface area contributed by atoms with Gasteiger partial charge in [0, 0.05) is 0 Å². The molecule has 90 valence electrons. The molecule has 0 aliphatic rings. The van der Waals surface area contributed by atoms with E-state index in [1.165, 1.54) is 0 Å². The van der Waals surface area contributed by atoms with Gasteiger partial charge in [-0.05, 0) is 36.9 Å². The molecular weight excluding hydrogens is 227 g/mol. The molecule has 0 spiro atoms. The van der Waals surface area contributed by atoms with E-state index in [1.807, 2.05) is 26.0 Å².